The van der Waals surface area contributed by atoms with Crippen molar-refractivity contribution in [1.82, 2.24) is 0 Å². The largest absolute Gasteiger partial charge is 0.329 e. The summed E-state index contributed by atoms with van der Waals surface area (Å²) in [6.07, 6.45) is 0. The predicted octanol–water partition coefficient (Wildman–Crippen LogP) is 0.949. The van der Waals surface area contributed by atoms with Crippen LogP contribution in [0.25, 0.3) is 0 Å². The molecule has 0 bridgehead atoms. The molecule has 1 atom stereocenters. The Morgan fingerprint density at radius 1 is 1.50 bits per heavy atom. The summed E-state index contributed by atoms with van der Waals surface area (Å²) < 4.78 is 18.0. The molecule has 0 heterocycles. The summed E-state index contributed by atoms with van der Waals surface area (Å²) in [5.41, 5.74) is 0. The van der Waals surface area contributed by atoms with Gasteiger partial charge >= 0.3 is 7.37 Å². The third-order valence-electron chi connectivity index (χ3n) is 0. The first-order valence-corrected chi connectivity index (χ1v) is 3.42. The predicted molar refractivity (Wildman–Crippen MR) is 18.0 cm³/mol. The van der Waals surface area contributed by atoms with E-state index in [-0.39, 0.29) is 0 Å². The Bertz CT molecular complexity index is 52.4. The highest BCUT2D eigenvalue weighted by Crippen LogP contribution is 2.11. The van der Waals surface area contributed by atoms with Crippen LogP contribution in [0, 0.1) is 0 Å². The van der Waals surface area contributed by atoms with Gasteiger partial charge in [0.15, 0.2) is 0 Å². The fourth-order valence-corrected chi connectivity index (χ4v) is 0. The average molecular weight is 96.0 g/mol. The summed E-state index contributed by atoms with van der Waals surface area (Å²) in [4.78, 5) is 0. The Kier molecular flexibility index (Phi) is 1.76. The van der Waals surface area contributed by atoms with Crippen molar-refractivity contribution in [2.24, 2.45) is 0 Å². The summed E-state index contributed by atoms with van der Waals surface area (Å²) in [5, 5.41) is 0. The topological polar surface area (TPSA) is 34.1 Å². The molecule has 0 spiro atoms. The van der Waals surface area contributed by atoms with Crippen LogP contribution >= 0.6 is 16.3 Å². The molecule has 2 nitrogen and oxygen atoms in total. The van der Waals surface area contributed by atoms with Crippen molar-refractivity contribution in [2.45, 2.75) is 0 Å². The molecule has 0 aromatic carbocycles. The van der Waals surface area contributed by atoms with E-state index in [0.717, 1.165) is 0 Å². The summed E-state index contributed by atoms with van der Waals surface area (Å²) in [5.74, 6) is 0. The molecule has 0 radical (unpaired) electrons. The molecule has 4 heteroatoms. The van der Waals surface area contributed by atoms with Gasteiger partial charge in [0.05, 0.1) is 0 Å². The first kappa shape index (κ1) is 4.33. The van der Waals surface area contributed by atoms with Crippen molar-refractivity contribution < 1.29 is 9.13 Å². The lowest BCUT2D eigenvalue weighted by Crippen LogP contribution is -0.929. The van der Waals surface area contributed by atoms with Crippen LogP contribution in [0.15, 0.2) is 0 Å². The summed E-state index contributed by atoms with van der Waals surface area (Å²) in [6.45, 7) is 0. The molecular weight excluding hydrogens is 93.9 g/mol. The lowest BCUT2D eigenvalue weighted by Gasteiger charge is -1.33. The molecule has 0 rings (SSSR count). The number of hydrogen-bond donors (Lipinski definition) is 0. The van der Waals surface area contributed by atoms with Gasteiger partial charge in [0, 0.05) is 0 Å². The number of rotatable bonds is 0. The zero-order valence-corrected chi connectivity index (χ0v) is 3.89. The molecular formula is H2O2P2. The highest BCUT2D eigenvalue weighted by atomic mass is 32.0. The van der Waals surface area contributed by atoms with E-state index in [1.165, 1.54) is 0 Å². The van der Waals surface area contributed by atoms with Crippen molar-refractivity contribution in [3.63, 3.8) is 0 Å². The molecule has 0 aliphatic carbocycles. The first-order valence-electron chi connectivity index (χ1n) is 0.623. The molecule has 0 aliphatic rings. The second kappa shape index (κ2) is 1.63. The molecule has 24 valence electrons. The Balaban J connectivity index is 3.51. The van der Waals surface area contributed by atoms with E-state index in [0.29, 0.717) is 0 Å². The van der Waals surface area contributed by atoms with Crippen LogP contribution in [0.4, 0.5) is 0 Å². The molecule has 0 N–H and O–H groups in total. The normalized spacial score (nSPS) is 6.25. The lowest BCUT2D eigenvalue weighted by atomic mass is 15.9. The maximum Gasteiger partial charge on any atom is 0.329 e. The van der Waals surface area contributed by atoms with E-state index in [1.54, 1.807) is 8.93 Å². The van der Waals surface area contributed by atoms with Crippen LogP contribution in [0.2, 0.25) is 0 Å². The van der Waals surface area contributed by atoms with Crippen LogP contribution in [0.5, 0.6) is 0 Å². The van der Waals surface area contributed by atoms with Crippen molar-refractivity contribution >= 4 is 16.3 Å². The van der Waals surface area contributed by atoms with Crippen LogP contribution in [0.3, 0.4) is 0 Å². The van der Waals surface area contributed by atoms with Gasteiger partial charge in [-0.2, -0.15) is 0 Å². The van der Waals surface area contributed by atoms with Crippen molar-refractivity contribution in [2.75, 3.05) is 0 Å². The van der Waals surface area contributed by atoms with Gasteiger partial charge in [-0.1, -0.05) is 0 Å². The maximum atomic E-state index is 9.00. The molecule has 0 saturated heterocycles. The maximum absolute atomic E-state index is 9.00. The zero-order valence-electron chi connectivity index (χ0n) is 1.84. The van der Waals surface area contributed by atoms with Crippen LogP contribution in [0.1, 0.15) is 0 Å². The SMILES string of the molecule is O=P(=O)P. The molecule has 0 aromatic heterocycles. The van der Waals surface area contributed by atoms with Gasteiger partial charge in [-0.25, -0.2) is 9.13 Å². The molecule has 0 saturated carbocycles. The molecule has 0 aliphatic heterocycles. The second-order valence-electron chi connectivity index (χ2n) is 0.285. The summed E-state index contributed by atoms with van der Waals surface area (Å²) in [6, 6.07) is 0. The van der Waals surface area contributed by atoms with Crippen molar-refractivity contribution in [3.8, 4) is 0 Å². The van der Waals surface area contributed by atoms with Gasteiger partial charge in [0.25, 0.3) is 0 Å². The van der Waals surface area contributed by atoms with Gasteiger partial charge in [-0.15, -0.1) is 0 Å². The summed E-state index contributed by atoms with van der Waals surface area (Å²) in [7, 11) is -0.593. The van der Waals surface area contributed by atoms with Crippen LogP contribution in [-0.4, -0.2) is 0 Å². The first-order chi connectivity index (χ1) is 1.73. The van der Waals surface area contributed by atoms with Gasteiger partial charge in [-0.05, 0) is 8.93 Å². The monoisotopic (exact) mass is 96.0 g/mol. The number of hydrogen-bond acceptors (Lipinski definition) is 2. The van der Waals surface area contributed by atoms with E-state index in [4.69, 9.17) is 9.13 Å². The van der Waals surface area contributed by atoms with E-state index in [1.807, 2.05) is 0 Å². The van der Waals surface area contributed by atoms with Gasteiger partial charge in [-0.3, -0.25) is 0 Å². The van der Waals surface area contributed by atoms with E-state index in [9.17, 15) is 0 Å². The highest BCUT2D eigenvalue weighted by Gasteiger charge is 1.54. The quantitative estimate of drug-likeness (QED) is 0.420. The Labute approximate surface area is 26.5 Å². The minimum atomic E-state index is -2.20. The molecule has 0 fully saturated rings. The smallest absolute Gasteiger partial charge is 0.233 e. The Hall–Kier alpha value is 0.330. The van der Waals surface area contributed by atoms with E-state index >= 15 is 0 Å². The molecule has 0 aromatic rings. The van der Waals surface area contributed by atoms with E-state index < -0.39 is 7.37 Å². The molecule has 0 amide bonds. The third-order valence-corrected chi connectivity index (χ3v) is 0. The van der Waals surface area contributed by atoms with Crippen molar-refractivity contribution in [3.05, 3.63) is 0 Å². The van der Waals surface area contributed by atoms with Gasteiger partial charge < -0.3 is 0 Å². The Morgan fingerprint density at radius 2 is 1.50 bits per heavy atom. The minimum Gasteiger partial charge on any atom is -0.233 e. The summed E-state index contributed by atoms with van der Waals surface area (Å²) >= 11 is 0. The molecule has 4 heavy (non-hydrogen) atoms. The zero-order chi connectivity index (χ0) is 3.58. The average Bonchev–Trinajstić information content (AvgIpc) is 0.811. The van der Waals surface area contributed by atoms with E-state index in [2.05, 4.69) is 0 Å². The lowest BCUT2D eigenvalue weighted by molar-refractivity contribution is 0.527. The minimum absolute atomic E-state index is 1.61. The standard InChI is InChI=1S/H2O2P2/c1-4(2)3/h3H2. The van der Waals surface area contributed by atoms with Crippen molar-refractivity contribution in [1.29, 1.82) is 0 Å². The fourth-order valence-electron chi connectivity index (χ4n) is 0. The van der Waals surface area contributed by atoms with Crippen LogP contribution in [-0.2, 0) is 9.13 Å². The Morgan fingerprint density at radius 3 is 1.50 bits per heavy atom. The molecule has 1 unspecified atom stereocenters. The fraction of sp³-hybridized carbons (Fsp3) is 0. The van der Waals surface area contributed by atoms with Gasteiger partial charge in [0.2, 0.25) is 0 Å². The van der Waals surface area contributed by atoms with Gasteiger partial charge in [0.1, 0.15) is 0 Å². The van der Waals surface area contributed by atoms with Crippen LogP contribution < -0.4 is 0 Å². The second-order valence-corrected chi connectivity index (χ2v) is 2.12. The highest BCUT2D eigenvalue weighted by molar-refractivity contribution is 7.99. The third kappa shape index (κ3) is 37.8.